The van der Waals surface area contributed by atoms with Gasteiger partial charge in [0.15, 0.2) is 6.10 Å². The molecule has 0 amide bonds. The average Bonchev–Trinajstić information content (AvgIpc) is 3.38. The van der Waals surface area contributed by atoms with E-state index in [-0.39, 0.29) is 31.1 Å². The average molecular weight is 1030 g/mol. The van der Waals surface area contributed by atoms with Crippen LogP contribution in [0.15, 0.2) is 0 Å². The highest BCUT2D eigenvalue weighted by Crippen LogP contribution is 2.20. The van der Waals surface area contributed by atoms with Gasteiger partial charge in [0.2, 0.25) is 0 Å². The number of ether oxygens (including phenoxy) is 3. The topological polar surface area (TPSA) is 78.9 Å². The lowest BCUT2D eigenvalue weighted by molar-refractivity contribution is -0.167. The molecule has 6 heteroatoms. The summed E-state index contributed by atoms with van der Waals surface area (Å²) in [5, 5.41) is 0. The summed E-state index contributed by atoms with van der Waals surface area (Å²) in [5.41, 5.74) is 0. The van der Waals surface area contributed by atoms with Gasteiger partial charge in [-0.1, -0.05) is 343 Å². The van der Waals surface area contributed by atoms with Crippen LogP contribution in [-0.4, -0.2) is 37.2 Å². The lowest BCUT2D eigenvalue weighted by atomic mass is 9.99. The second-order valence-electron chi connectivity index (χ2n) is 23.8. The first-order valence-corrected chi connectivity index (χ1v) is 33.3. The standard InChI is InChI=1S/C67H130O6/c1-6-8-9-10-11-12-13-14-15-16-17-18-21-27-32-37-42-47-52-57-65(68)71-60-64(73-67(70)59-54-49-44-39-34-29-22-19-20-25-30-35-40-45-50-55-62(3)4)61-72-66(69)58-53-48-43-38-33-28-24-23-26-31-36-41-46-51-56-63(5)7-2/h62-64H,6-61H2,1-5H3/t63?,64-/m0/s1. The molecular formula is C67H130O6. The number of unbranched alkanes of at least 4 members (excludes halogenated alkanes) is 45. The fourth-order valence-electron chi connectivity index (χ4n) is 10.4. The molecule has 0 aromatic rings. The molecule has 0 fully saturated rings. The highest BCUT2D eigenvalue weighted by Gasteiger charge is 2.19. The minimum absolute atomic E-state index is 0.0616. The minimum atomic E-state index is -0.764. The summed E-state index contributed by atoms with van der Waals surface area (Å²) in [7, 11) is 0. The SMILES string of the molecule is CCCCCCCCCCCCCCCCCCCCCC(=O)OC[C@@H](COC(=O)CCCCCCCCCCCCCCCCC(C)CC)OC(=O)CCCCCCCCCCCCCCCCCC(C)C. The van der Waals surface area contributed by atoms with Gasteiger partial charge in [-0.25, -0.2) is 0 Å². The summed E-state index contributed by atoms with van der Waals surface area (Å²) < 4.78 is 17.0. The van der Waals surface area contributed by atoms with Crippen molar-refractivity contribution in [2.75, 3.05) is 13.2 Å². The predicted molar refractivity (Wildman–Crippen MR) is 316 cm³/mol. The van der Waals surface area contributed by atoms with Gasteiger partial charge in [-0.05, 0) is 31.1 Å². The van der Waals surface area contributed by atoms with Crippen LogP contribution in [0.25, 0.3) is 0 Å². The molecule has 0 radical (unpaired) electrons. The van der Waals surface area contributed by atoms with Gasteiger partial charge >= 0.3 is 17.9 Å². The van der Waals surface area contributed by atoms with Gasteiger partial charge in [0.05, 0.1) is 0 Å². The van der Waals surface area contributed by atoms with Crippen LogP contribution in [0.1, 0.15) is 381 Å². The Labute approximate surface area is 457 Å². The van der Waals surface area contributed by atoms with Gasteiger partial charge in [0.25, 0.3) is 0 Å². The van der Waals surface area contributed by atoms with Gasteiger partial charge in [0.1, 0.15) is 13.2 Å². The van der Waals surface area contributed by atoms with Crippen LogP contribution in [0, 0.1) is 11.8 Å². The molecule has 0 aliphatic carbocycles. The molecule has 0 saturated carbocycles. The Kier molecular flexibility index (Phi) is 58.4. The number of carbonyl (C=O) groups excluding carboxylic acids is 3. The molecule has 434 valence electrons. The molecule has 0 aliphatic rings. The van der Waals surface area contributed by atoms with Crippen molar-refractivity contribution in [1.82, 2.24) is 0 Å². The van der Waals surface area contributed by atoms with Crippen molar-refractivity contribution in [3.63, 3.8) is 0 Å². The van der Waals surface area contributed by atoms with E-state index in [0.29, 0.717) is 19.3 Å². The summed E-state index contributed by atoms with van der Waals surface area (Å²) >= 11 is 0. The van der Waals surface area contributed by atoms with Crippen molar-refractivity contribution < 1.29 is 28.6 Å². The first-order chi connectivity index (χ1) is 35.8. The molecule has 0 aliphatic heterocycles. The van der Waals surface area contributed by atoms with Gasteiger partial charge in [-0.2, -0.15) is 0 Å². The summed E-state index contributed by atoms with van der Waals surface area (Å²) in [5.74, 6) is 0.915. The Morgan fingerprint density at radius 2 is 0.521 bits per heavy atom. The summed E-state index contributed by atoms with van der Waals surface area (Å²) in [6, 6.07) is 0. The second-order valence-corrected chi connectivity index (χ2v) is 23.8. The van der Waals surface area contributed by atoms with Crippen LogP contribution in [0.4, 0.5) is 0 Å². The van der Waals surface area contributed by atoms with E-state index in [1.165, 1.54) is 270 Å². The Morgan fingerprint density at radius 1 is 0.288 bits per heavy atom. The van der Waals surface area contributed by atoms with E-state index in [1.807, 2.05) is 0 Å². The molecule has 0 N–H and O–H groups in total. The van der Waals surface area contributed by atoms with E-state index in [0.717, 1.165) is 69.6 Å². The zero-order chi connectivity index (χ0) is 53.2. The quantitative estimate of drug-likeness (QED) is 0.0343. The van der Waals surface area contributed by atoms with Crippen molar-refractivity contribution in [3.05, 3.63) is 0 Å². The highest BCUT2D eigenvalue weighted by molar-refractivity contribution is 5.71. The fraction of sp³-hybridized carbons (Fsp3) is 0.955. The van der Waals surface area contributed by atoms with E-state index < -0.39 is 6.10 Å². The first-order valence-electron chi connectivity index (χ1n) is 33.3. The molecular weight excluding hydrogens is 901 g/mol. The van der Waals surface area contributed by atoms with Crippen LogP contribution in [-0.2, 0) is 28.6 Å². The number of hydrogen-bond donors (Lipinski definition) is 0. The third-order valence-corrected chi connectivity index (χ3v) is 15.8. The predicted octanol–water partition coefficient (Wildman–Crippen LogP) is 22.4. The van der Waals surface area contributed by atoms with E-state index in [2.05, 4.69) is 34.6 Å². The molecule has 1 unspecified atom stereocenters. The van der Waals surface area contributed by atoms with Crippen molar-refractivity contribution >= 4 is 17.9 Å². The third-order valence-electron chi connectivity index (χ3n) is 15.8. The van der Waals surface area contributed by atoms with Crippen molar-refractivity contribution in [2.24, 2.45) is 11.8 Å². The Bertz CT molecular complexity index is 1120. The van der Waals surface area contributed by atoms with Crippen LogP contribution < -0.4 is 0 Å². The van der Waals surface area contributed by atoms with E-state index in [4.69, 9.17) is 14.2 Å². The molecule has 2 atom stereocenters. The fourth-order valence-corrected chi connectivity index (χ4v) is 10.4. The summed E-state index contributed by atoms with van der Waals surface area (Å²) in [4.78, 5) is 38.4. The maximum absolute atomic E-state index is 12.9. The van der Waals surface area contributed by atoms with Crippen LogP contribution in [0.5, 0.6) is 0 Å². The minimum Gasteiger partial charge on any atom is -0.462 e. The Balaban J connectivity index is 4.29. The van der Waals surface area contributed by atoms with Crippen LogP contribution in [0.3, 0.4) is 0 Å². The molecule has 6 nitrogen and oxygen atoms in total. The van der Waals surface area contributed by atoms with E-state index >= 15 is 0 Å². The van der Waals surface area contributed by atoms with Crippen molar-refractivity contribution in [1.29, 1.82) is 0 Å². The maximum Gasteiger partial charge on any atom is 0.306 e. The van der Waals surface area contributed by atoms with Gasteiger partial charge in [-0.15, -0.1) is 0 Å². The molecule has 0 aromatic heterocycles. The lowest BCUT2D eigenvalue weighted by Crippen LogP contribution is -2.30. The van der Waals surface area contributed by atoms with Gasteiger partial charge < -0.3 is 14.2 Å². The van der Waals surface area contributed by atoms with Crippen molar-refractivity contribution in [2.45, 2.75) is 387 Å². The smallest absolute Gasteiger partial charge is 0.306 e. The molecule has 0 rings (SSSR count). The van der Waals surface area contributed by atoms with E-state index in [9.17, 15) is 14.4 Å². The molecule has 0 saturated heterocycles. The number of esters is 3. The largest absolute Gasteiger partial charge is 0.462 e. The molecule has 0 spiro atoms. The second kappa shape index (κ2) is 59.7. The maximum atomic E-state index is 12.9. The number of carbonyl (C=O) groups is 3. The van der Waals surface area contributed by atoms with Gasteiger partial charge in [0, 0.05) is 19.3 Å². The zero-order valence-corrected chi connectivity index (χ0v) is 50.3. The van der Waals surface area contributed by atoms with E-state index in [1.54, 1.807) is 0 Å². The molecule has 73 heavy (non-hydrogen) atoms. The first kappa shape index (κ1) is 71.4. The van der Waals surface area contributed by atoms with Crippen molar-refractivity contribution in [3.8, 4) is 0 Å². The Hall–Kier alpha value is -1.59. The van der Waals surface area contributed by atoms with Gasteiger partial charge in [-0.3, -0.25) is 14.4 Å². The van der Waals surface area contributed by atoms with Crippen LogP contribution in [0.2, 0.25) is 0 Å². The summed E-state index contributed by atoms with van der Waals surface area (Å²) in [6.07, 6.45) is 66.7. The van der Waals surface area contributed by atoms with Crippen LogP contribution >= 0.6 is 0 Å². The lowest BCUT2D eigenvalue weighted by Gasteiger charge is -2.18. The Morgan fingerprint density at radius 3 is 0.781 bits per heavy atom. The number of rotatable bonds is 61. The zero-order valence-electron chi connectivity index (χ0n) is 50.3. The highest BCUT2D eigenvalue weighted by atomic mass is 16.6. The molecule has 0 heterocycles. The molecule has 0 bridgehead atoms. The monoisotopic (exact) mass is 1030 g/mol. The summed E-state index contributed by atoms with van der Waals surface area (Å²) in [6.45, 7) is 11.5. The molecule has 0 aromatic carbocycles. The third kappa shape index (κ3) is 59.5. The number of hydrogen-bond acceptors (Lipinski definition) is 6. The normalized spacial score (nSPS) is 12.4.